The standard InChI is InChI=1S/C19H22F2N4O3S.ClH/c1-3-23(4-2)7-8-24(17(28)11-25-15(26)5-6-16(25)27)19-22-18-13(21)9-12(20)10-14(18)29-19;/h9-10H,3-8,11H2,1-2H3;1H. The molecule has 11 heteroatoms. The van der Waals surface area contributed by atoms with Crippen molar-refractivity contribution < 1.29 is 23.2 Å². The molecule has 0 radical (unpaired) electrons. The fourth-order valence-corrected chi connectivity index (χ4v) is 4.24. The van der Waals surface area contributed by atoms with E-state index in [0.717, 1.165) is 35.4 Å². The van der Waals surface area contributed by atoms with Gasteiger partial charge in [-0.15, -0.1) is 12.4 Å². The summed E-state index contributed by atoms with van der Waals surface area (Å²) in [6, 6.07) is 1.91. The first-order chi connectivity index (χ1) is 13.8. The number of benzene rings is 1. The van der Waals surface area contributed by atoms with Gasteiger partial charge in [-0.3, -0.25) is 24.2 Å². The van der Waals surface area contributed by atoms with Gasteiger partial charge in [-0.25, -0.2) is 13.8 Å². The maximum absolute atomic E-state index is 14.1. The minimum Gasteiger partial charge on any atom is -0.302 e. The summed E-state index contributed by atoms with van der Waals surface area (Å²) < 4.78 is 27.9. The van der Waals surface area contributed by atoms with Gasteiger partial charge in [0.25, 0.3) is 0 Å². The summed E-state index contributed by atoms with van der Waals surface area (Å²) in [5.74, 6) is -2.78. The molecule has 0 aliphatic carbocycles. The van der Waals surface area contributed by atoms with Crippen molar-refractivity contribution in [3.8, 4) is 0 Å². The molecule has 0 N–H and O–H groups in total. The maximum atomic E-state index is 14.1. The third-order valence-corrected chi connectivity index (χ3v) is 5.94. The molecule has 0 bridgehead atoms. The van der Waals surface area contributed by atoms with E-state index in [-0.39, 0.29) is 65.5 Å². The van der Waals surface area contributed by atoms with Crippen molar-refractivity contribution in [2.75, 3.05) is 37.6 Å². The van der Waals surface area contributed by atoms with Gasteiger partial charge >= 0.3 is 0 Å². The second-order valence-electron chi connectivity index (χ2n) is 6.68. The predicted octanol–water partition coefficient (Wildman–Crippen LogP) is 2.82. The van der Waals surface area contributed by atoms with Crippen molar-refractivity contribution in [3.05, 3.63) is 23.8 Å². The molecule has 0 saturated carbocycles. The number of imide groups is 1. The molecule has 0 atom stereocenters. The molecule has 1 aliphatic rings. The van der Waals surface area contributed by atoms with Gasteiger partial charge in [-0.2, -0.15) is 0 Å². The smallest absolute Gasteiger partial charge is 0.248 e. The lowest BCUT2D eigenvalue weighted by molar-refractivity contribution is -0.141. The highest BCUT2D eigenvalue weighted by atomic mass is 35.5. The van der Waals surface area contributed by atoms with Crippen LogP contribution in [0, 0.1) is 11.6 Å². The molecule has 3 rings (SSSR count). The first kappa shape index (κ1) is 24.1. The molecule has 0 spiro atoms. The second-order valence-corrected chi connectivity index (χ2v) is 7.69. The maximum Gasteiger partial charge on any atom is 0.248 e. The summed E-state index contributed by atoms with van der Waals surface area (Å²) in [6.07, 6.45) is 0.189. The second kappa shape index (κ2) is 10.2. The van der Waals surface area contributed by atoms with Gasteiger partial charge in [0.15, 0.2) is 10.9 Å². The number of rotatable bonds is 8. The third kappa shape index (κ3) is 5.11. The molecule has 2 heterocycles. The minimum absolute atomic E-state index is 0. The summed E-state index contributed by atoms with van der Waals surface area (Å²) >= 11 is 0.996. The van der Waals surface area contributed by atoms with Crippen LogP contribution >= 0.6 is 23.7 Å². The van der Waals surface area contributed by atoms with Crippen LogP contribution in [-0.2, 0) is 14.4 Å². The van der Waals surface area contributed by atoms with E-state index in [2.05, 4.69) is 9.88 Å². The number of carbonyl (C=O) groups excluding carboxylic acids is 3. The number of likely N-dealkylation sites (N-methyl/N-ethyl adjacent to an activating group) is 1. The largest absolute Gasteiger partial charge is 0.302 e. The molecule has 1 aliphatic heterocycles. The Morgan fingerprint density at radius 1 is 1.13 bits per heavy atom. The summed E-state index contributed by atoms with van der Waals surface area (Å²) in [5, 5.41) is 0.209. The average molecular weight is 461 g/mol. The van der Waals surface area contributed by atoms with Crippen LogP contribution in [0.25, 0.3) is 10.2 Å². The SMILES string of the molecule is CCN(CC)CCN(C(=O)CN1C(=O)CCC1=O)c1nc2c(F)cc(F)cc2s1.Cl. The number of thiazole rings is 1. The van der Waals surface area contributed by atoms with Gasteiger partial charge in [0, 0.05) is 32.0 Å². The first-order valence-corrected chi connectivity index (χ1v) is 10.3. The average Bonchev–Trinajstić information content (AvgIpc) is 3.23. The van der Waals surface area contributed by atoms with Crippen molar-refractivity contribution in [1.82, 2.24) is 14.8 Å². The molecule has 3 amide bonds. The zero-order valence-corrected chi connectivity index (χ0v) is 18.3. The van der Waals surface area contributed by atoms with Crippen LogP contribution in [-0.4, -0.2) is 65.2 Å². The number of nitrogens with zero attached hydrogens (tertiary/aromatic N) is 4. The van der Waals surface area contributed by atoms with Gasteiger partial charge in [0.2, 0.25) is 17.7 Å². The van der Waals surface area contributed by atoms with Crippen molar-refractivity contribution in [2.45, 2.75) is 26.7 Å². The van der Waals surface area contributed by atoms with Crippen LogP contribution in [0.2, 0.25) is 0 Å². The number of anilines is 1. The molecule has 164 valence electrons. The zero-order chi connectivity index (χ0) is 21.1. The number of likely N-dealkylation sites (tertiary alicyclic amines) is 1. The molecular formula is C19H23ClF2N4O3S. The van der Waals surface area contributed by atoms with Gasteiger partial charge in [-0.1, -0.05) is 25.2 Å². The van der Waals surface area contributed by atoms with E-state index in [1.54, 1.807) is 0 Å². The van der Waals surface area contributed by atoms with Crippen LogP contribution in [0.4, 0.5) is 13.9 Å². The summed E-state index contributed by atoms with van der Waals surface area (Å²) in [4.78, 5) is 45.3. The predicted molar refractivity (Wildman–Crippen MR) is 113 cm³/mol. The van der Waals surface area contributed by atoms with Crippen molar-refractivity contribution in [1.29, 1.82) is 0 Å². The van der Waals surface area contributed by atoms with E-state index in [1.807, 2.05) is 13.8 Å². The molecule has 1 saturated heterocycles. The molecule has 7 nitrogen and oxygen atoms in total. The first-order valence-electron chi connectivity index (χ1n) is 9.45. The van der Waals surface area contributed by atoms with Gasteiger partial charge in [0.05, 0.1) is 4.70 Å². The number of aromatic nitrogens is 1. The summed E-state index contributed by atoms with van der Waals surface area (Å²) in [5.41, 5.74) is -0.0136. The topological polar surface area (TPSA) is 73.8 Å². The molecule has 30 heavy (non-hydrogen) atoms. The van der Waals surface area contributed by atoms with Crippen LogP contribution in [0.3, 0.4) is 0 Å². The van der Waals surface area contributed by atoms with E-state index in [1.165, 1.54) is 11.0 Å². The molecule has 1 aromatic heterocycles. The van der Waals surface area contributed by atoms with Gasteiger partial charge in [0.1, 0.15) is 17.9 Å². The summed E-state index contributed by atoms with van der Waals surface area (Å²) in [6.45, 7) is 5.94. The molecule has 1 aromatic carbocycles. The fourth-order valence-electron chi connectivity index (χ4n) is 3.19. The fraction of sp³-hybridized carbons (Fsp3) is 0.474. The number of amides is 3. The Kier molecular flexibility index (Phi) is 8.22. The van der Waals surface area contributed by atoms with Crippen LogP contribution in [0.1, 0.15) is 26.7 Å². The van der Waals surface area contributed by atoms with Gasteiger partial charge < -0.3 is 4.90 Å². The van der Waals surface area contributed by atoms with Crippen molar-refractivity contribution >= 4 is 56.8 Å². The molecule has 0 unspecified atom stereocenters. The lowest BCUT2D eigenvalue weighted by atomic mass is 10.3. The Morgan fingerprint density at radius 2 is 1.77 bits per heavy atom. The number of hydrogen-bond donors (Lipinski definition) is 0. The quantitative estimate of drug-likeness (QED) is 0.566. The number of hydrogen-bond acceptors (Lipinski definition) is 6. The zero-order valence-electron chi connectivity index (χ0n) is 16.7. The van der Waals surface area contributed by atoms with Gasteiger partial charge in [-0.05, 0) is 19.2 Å². The van der Waals surface area contributed by atoms with E-state index in [9.17, 15) is 23.2 Å². The van der Waals surface area contributed by atoms with E-state index in [0.29, 0.717) is 6.54 Å². The van der Waals surface area contributed by atoms with E-state index in [4.69, 9.17) is 0 Å². The minimum atomic E-state index is -0.802. The lowest BCUT2D eigenvalue weighted by Crippen LogP contribution is -2.45. The van der Waals surface area contributed by atoms with E-state index < -0.39 is 17.5 Å². The van der Waals surface area contributed by atoms with E-state index >= 15 is 0 Å². The number of fused-ring (bicyclic) bond motifs is 1. The Labute approximate surface area is 183 Å². The Morgan fingerprint density at radius 3 is 2.37 bits per heavy atom. The van der Waals surface area contributed by atoms with Crippen LogP contribution in [0.15, 0.2) is 12.1 Å². The van der Waals surface area contributed by atoms with Crippen LogP contribution in [0.5, 0.6) is 0 Å². The Hall–Kier alpha value is -2.17. The lowest BCUT2D eigenvalue weighted by Gasteiger charge is -2.26. The molecular weight excluding hydrogens is 438 g/mol. The Bertz CT molecular complexity index is 935. The summed E-state index contributed by atoms with van der Waals surface area (Å²) in [7, 11) is 0. The number of carbonyl (C=O) groups is 3. The van der Waals surface area contributed by atoms with Crippen molar-refractivity contribution in [2.24, 2.45) is 0 Å². The molecule has 1 fully saturated rings. The highest BCUT2D eigenvalue weighted by Gasteiger charge is 2.33. The monoisotopic (exact) mass is 460 g/mol. The third-order valence-electron chi connectivity index (χ3n) is 4.92. The molecule has 2 aromatic rings. The van der Waals surface area contributed by atoms with Crippen LogP contribution < -0.4 is 4.90 Å². The highest BCUT2D eigenvalue weighted by Crippen LogP contribution is 2.31. The number of halogens is 3. The highest BCUT2D eigenvalue weighted by molar-refractivity contribution is 7.22. The van der Waals surface area contributed by atoms with Crippen molar-refractivity contribution in [3.63, 3.8) is 0 Å². The normalized spacial score (nSPS) is 14.0. The Balaban J connectivity index is 0.00000320.